The van der Waals surface area contributed by atoms with Gasteiger partial charge in [-0.15, -0.1) is 0 Å². The van der Waals surface area contributed by atoms with Gasteiger partial charge in [0, 0.05) is 18.7 Å². The summed E-state index contributed by atoms with van der Waals surface area (Å²) in [5.41, 5.74) is -0.727. The van der Waals surface area contributed by atoms with Crippen molar-refractivity contribution in [2.24, 2.45) is 0 Å². The first-order valence-electron chi connectivity index (χ1n) is 7.32. The normalized spacial score (nSPS) is 18.4. The molecule has 3 rings (SSSR count). The smallest absolute Gasteiger partial charge is 0.416 e. The van der Waals surface area contributed by atoms with Gasteiger partial charge in [-0.25, -0.2) is 0 Å². The number of nitrogens with zero attached hydrogens (tertiary/aromatic N) is 1. The van der Waals surface area contributed by atoms with Crippen LogP contribution in [0.25, 0.3) is 0 Å². The van der Waals surface area contributed by atoms with Crippen molar-refractivity contribution in [1.82, 2.24) is 10.2 Å². The van der Waals surface area contributed by atoms with Crippen LogP contribution in [0, 0.1) is 0 Å². The largest absolute Gasteiger partial charge is 0.492 e. The van der Waals surface area contributed by atoms with Crippen LogP contribution in [-0.4, -0.2) is 37.0 Å². The maximum atomic E-state index is 13.1. The molecule has 22 heavy (non-hydrogen) atoms. The standard InChI is InChI=1S/C15H17F3N2O2/c16-15(17,18)13-8-10(7-11-12(13)9-19-14(11)21)22-6-5-20-3-1-2-4-20/h7-8H,1-6,9H2,(H,19,21). The zero-order chi connectivity index (χ0) is 15.7. The van der Waals surface area contributed by atoms with E-state index in [1.165, 1.54) is 6.07 Å². The highest BCUT2D eigenvalue weighted by Crippen LogP contribution is 2.37. The predicted octanol–water partition coefficient (Wildman–Crippen LogP) is 2.42. The Morgan fingerprint density at radius 3 is 2.64 bits per heavy atom. The zero-order valence-electron chi connectivity index (χ0n) is 12.0. The minimum Gasteiger partial charge on any atom is -0.492 e. The number of carbonyl (C=O) groups is 1. The van der Waals surface area contributed by atoms with Gasteiger partial charge >= 0.3 is 6.18 Å². The summed E-state index contributed by atoms with van der Waals surface area (Å²) < 4.78 is 44.8. The molecule has 1 N–H and O–H groups in total. The maximum Gasteiger partial charge on any atom is 0.416 e. The Balaban J connectivity index is 1.76. The number of rotatable bonds is 4. The fourth-order valence-electron chi connectivity index (χ4n) is 2.94. The van der Waals surface area contributed by atoms with E-state index in [9.17, 15) is 18.0 Å². The first kappa shape index (κ1) is 15.1. The van der Waals surface area contributed by atoms with Crippen molar-refractivity contribution in [1.29, 1.82) is 0 Å². The van der Waals surface area contributed by atoms with E-state index in [4.69, 9.17) is 4.74 Å². The van der Waals surface area contributed by atoms with Crippen molar-refractivity contribution in [2.75, 3.05) is 26.2 Å². The van der Waals surface area contributed by atoms with Gasteiger partial charge in [0.25, 0.3) is 5.91 Å². The molecule has 0 saturated carbocycles. The van der Waals surface area contributed by atoms with Gasteiger partial charge in [-0.3, -0.25) is 9.69 Å². The van der Waals surface area contributed by atoms with Gasteiger partial charge < -0.3 is 10.1 Å². The molecule has 0 spiro atoms. The third-order valence-electron chi connectivity index (χ3n) is 4.07. The van der Waals surface area contributed by atoms with Crippen LogP contribution >= 0.6 is 0 Å². The summed E-state index contributed by atoms with van der Waals surface area (Å²) in [4.78, 5) is 13.9. The number of nitrogens with one attached hydrogen (secondary N) is 1. The van der Waals surface area contributed by atoms with Crippen LogP contribution < -0.4 is 10.1 Å². The molecular weight excluding hydrogens is 297 g/mol. The Morgan fingerprint density at radius 2 is 1.95 bits per heavy atom. The second-order valence-corrected chi connectivity index (χ2v) is 5.57. The van der Waals surface area contributed by atoms with Crippen LogP contribution in [0.4, 0.5) is 13.2 Å². The lowest BCUT2D eigenvalue weighted by molar-refractivity contribution is -0.138. The molecule has 0 atom stereocenters. The van der Waals surface area contributed by atoms with E-state index >= 15 is 0 Å². The van der Waals surface area contributed by atoms with Crippen LogP contribution in [0.5, 0.6) is 5.75 Å². The highest BCUT2D eigenvalue weighted by atomic mass is 19.4. The molecule has 2 aliphatic heterocycles. The molecule has 120 valence electrons. The summed E-state index contributed by atoms with van der Waals surface area (Å²) in [5.74, 6) is -0.382. The molecule has 2 aliphatic rings. The summed E-state index contributed by atoms with van der Waals surface area (Å²) in [5, 5.41) is 2.42. The van der Waals surface area contributed by atoms with Crippen LogP contribution in [0.2, 0.25) is 0 Å². The quantitative estimate of drug-likeness (QED) is 0.928. The second-order valence-electron chi connectivity index (χ2n) is 5.57. The minimum atomic E-state index is -4.50. The first-order chi connectivity index (χ1) is 10.4. The molecule has 1 fully saturated rings. The second kappa shape index (κ2) is 5.79. The fraction of sp³-hybridized carbons (Fsp3) is 0.533. The van der Waals surface area contributed by atoms with Crippen molar-refractivity contribution in [3.8, 4) is 5.75 Å². The van der Waals surface area contributed by atoms with E-state index in [1.807, 2.05) is 0 Å². The zero-order valence-corrected chi connectivity index (χ0v) is 12.0. The Morgan fingerprint density at radius 1 is 1.23 bits per heavy atom. The molecule has 0 bridgehead atoms. The van der Waals surface area contributed by atoms with Gasteiger partial charge in [-0.05, 0) is 43.6 Å². The van der Waals surface area contributed by atoms with Crippen LogP contribution in [0.1, 0.15) is 34.3 Å². The van der Waals surface area contributed by atoms with Crippen LogP contribution in [0.15, 0.2) is 12.1 Å². The van der Waals surface area contributed by atoms with Gasteiger partial charge in [0.05, 0.1) is 5.56 Å². The van der Waals surface area contributed by atoms with E-state index in [0.717, 1.165) is 32.0 Å². The molecule has 0 radical (unpaired) electrons. The SMILES string of the molecule is O=C1NCc2c1cc(OCCN1CCCC1)cc2C(F)(F)F. The van der Waals surface area contributed by atoms with Crippen molar-refractivity contribution in [3.63, 3.8) is 0 Å². The monoisotopic (exact) mass is 314 g/mol. The summed E-state index contributed by atoms with van der Waals surface area (Å²) in [6.07, 6.45) is -2.20. The molecule has 2 heterocycles. The number of alkyl halides is 3. The third kappa shape index (κ3) is 3.04. The summed E-state index contributed by atoms with van der Waals surface area (Å²) in [7, 11) is 0. The number of likely N-dealkylation sites (tertiary alicyclic amines) is 1. The van der Waals surface area contributed by atoms with E-state index in [1.54, 1.807) is 0 Å². The van der Waals surface area contributed by atoms with Crippen molar-refractivity contribution >= 4 is 5.91 Å². The molecule has 1 aromatic carbocycles. The van der Waals surface area contributed by atoms with Crippen molar-refractivity contribution < 1.29 is 22.7 Å². The fourth-order valence-corrected chi connectivity index (χ4v) is 2.94. The maximum absolute atomic E-state index is 13.1. The van der Waals surface area contributed by atoms with Crippen LogP contribution in [-0.2, 0) is 12.7 Å². The number of halogens is 3. The van der Waals surface area contributed by atoms with Crippen LogP contribution in [0.3, 0.4) is 0 Å². The Kier molecular flexibility index (Phi) is 3.99. The van der Waals surface area contributed by atoms with E-state index < -0.39 is 17.6 Å². The van der Waals surface area contributed by atoms with E-state index in [-0.39, 0.29) is 23.4 Å². The highest BCUT2D eigenvalue weighted by molar-refractivity contribution is 5.99. The number of benzene rings is 1. The Labute approximate surface area is 126 Å². The highest BCUT2D eigenvalue weighted by Gasteiger charge is 2.38. The van der Waals surface area contributed by atoms with Crippen molar-refractivity contribution in [2.45, 2.75) is 25.6 Å². The molecule has 1 saturated heterocycles. The lowest BCUT2D eigenvalue weighted by Gasteiger charge is -2.17. The number of hydrogen-bond donors (Lipinski definition) is 1. The van der Waals surface area contributed by atoms with Crippen molar-refractivity contribution in [3.05, 3.63) is 28.8 Å². The third-order valence-corrected chi connectivity index (χ3v) is 4.07. The van der Waals surface area contributed by atoms with Gasteiger partial charge in [-0.2, -0.15) is 13.2 Å². The first-order valence-corrected chi connectivity index (χ1v) is 7.32. The molecule has 1 amide bonds. The molecule has 4 nitrogen and oxygen atoms in total. The molecule has 1 aromatic rings. The number of carbonyl (C=O) groups excluding carboxylic acids is 1. The minimum absolute atomic E-state index is 0.00407. The molecule has 0 aromatic heterocycles. The summed E-state index contributed by atoms with van der Waals surface area (Å²) in [6, 6.07) is 2.39. The molecular formula is C15H17F3N2O2. The molecule has 0 aliphatic carbocycles. The number of amides is 1. The van der Waals surface area contributed by atoms with Gasteiger partial charge in [0.1, 0.15) is 12.4 Å². The number of hydrogen-bond acceptors (Lipinski definition) is 3. The molecule has 7 heteroatoms. The topological polar surface area (TPSA) is 41.6 Å². The number of fused-ring (bicyclic) bond motifs is 1. The Bertz CT molecular complexity index is 581. The van der Waals surface area contributed by atoms with E-state index in [0.29, 0.717) is 13.2 Å². The van der Waals surface area contributed by atoms with E-state index in [2.05, 4.69) is 10.2 Å². The van der Waals surface area contributed by atoms with Gasteiger partial charge in [0.2, 0.25) is 0 Å². The average molecular weight is 314 g/mol. The Hall–Kier alpha value is -1.76. The predicted molar refractivity (Wildman–Crippen MR) is 73.8 cm³/mol. The van der Waals surface area contributed by atoms with Gasteiger partial charge in [-0.1, -0.05) is 0 Å². The number of ether oxygens (including phenoxy) is 1. The summed E-state index contributed by atoms with van der Waals surface area (Å²) in [6.45, 7) is 2.92. The van der Waals surface area contributed by atoms with Gasteiger partial charge in [0.15, 0.2) is 0 Å². The summed E-state index contributed by atoms with van der Waals surface area (Å²) >= 11 is 0. The lowest BCUT2D eigenvalue weighted by Crippen LogP contribution is -2.25. The molecule has 0 unspecified atom stereocenters. The lowest BCUT2D eigenvalue weighted by atomic mass is 10.0. The average Bonchev–Trinajstić information content (AvgIpc) is 3.08.